The van der Waals surface area contributed by atoms with E-state index in [0.717, 1.165) is 0 Å². The molecule has 0 radical (unpaired) electrons. The third-order valence-electron chi connectivity index (χ3n) is 2.77. The van der Waals surface area contributed by atoms with Crippen molar-refractivity contribution in [1.82, 2.24) is 9.97 Å². The fourth-order valence-corrected chi connectivity index (χ4v) is 1.91. The van der Waals surface area contributed by atoms with Crippen LogP contribution in [0.2, 0.25) is 0 Å². The normalized spacial score (nSPS) is 10.7. The molecule has 0 saturated carbocycles. The van der Waals surface area contributed by atoms with Crippen LogP contribution in [-0.2, 0) is 0 Å². The van der Waals surface area contributed by atoms with Gasteiger partial charge in [0.25, 0.3) is 0 Å². The van der Waals surface area contributed by atoms with E-state index in [1.807, 2.05) is 0 Å². The molecule has 0 unspecified atom stereocenters. The molecule has 0 spiro atoms. The zero-order chi connectivity index (χ0) is 14.1. The second kappa shape index (κ2) is 4.65. The maximum atomic E-state index is 12.9. The van der Waals surface area contributed by atoms with Gasteiger partial charge in [-0.2, -0.15) is 4.98 Å². The fraction of sp³-hybridized carbons (Fsp3) is 0. The minimum absolute atomic E-state index is 0.105. The van der Waals surface area contributed by atoms with Gasteiger partial charge in [0, 0.05) is 0 Å². The molecule has 4 N–H and O–H groups in total. The highest BCUT2D eigenvalue weighted by molar-refractivity contribution is 5.94. The third kappa shape index (κ3) is 2.18. The second-order valence-electron chi connectivity index (χ2n) is 4.17. The molecule has 6 heteroatoms. The minimum Gasteiger partial charge on any atom is -0.457 e. The number of ether oxygens (including phenoxy) is 1. The van der Waals surface area contributed by atoms with Crippen molar-refractivity contribution in [1.29, 1.82) is 0 Å². The lowest BCUT2D eigenvalue weighted by Gasteiger charge is -2.10. The van der Waals surface area contributed by atoms with E-state index in [9.17, 15) is 4.39 Å². The molecule has 0 saturated heterocycles. The molecule has 0 aliphatic heterocycles. The first-order chi connectivity index (χ1) is 9.63. The molecule has 0 aliphatic carbocycles. The Balaban J connectivity index is 2.09. The first-order valence-corrected chi connectivity index (χ1v) is 5.88. The summed E-state index contributed by atoms with van der Waals surface area (Å²) in [5.41, 5.74) is 12.0. The van der Waals surface area contributed by atoms with Gasteiger partial charge in [0.2, 0.25) is 5.95 Å². The monoisotopic (exact) mass is 270 g/mol. The molecular formula is C14H11FN4O. The molecule has 1 aromatic heterocycles. The number of nitrogens with zero attached hydrogens (tertiary/aromatic N) is 2. The molecule has 0 amide bonds. The van der Waals surface area contributed by atoms with Crippen molar-refractivity contribution in [3.63, 3.8) is 0 Å². The van der Waals surface area contributed by atoms with E-state index in [1.54, 1.807) is 18.2 Å². The van der Waals surface area contributed by atoms with Crippen LogP contribution in [0.4, 0.5) is 16.2 Å². The number of hydrogen-bond donors (Lipinski definition) is 2. The molecule has 0 bridgehead atoms. The zero-order valence-corrected chi connectivity index (χ0v) is 10.4. The van der Waals surface area contributed by atoms with E-state index in [0.29, 0.717) is 22.4 Å². The van der Waals surface area contributed by atoms with E-state index < -0.39 is 0 Å². The second-order valence-corrected chi connectivity index (χ2v) is 4.17. The highest BCUT2D eigenvalue weighted by Gasteiger charge is 2.10. The van der Waals surface area contributed by atoms with E-state index in [4.69, 9.17) is 16.2 Å². The predicted octanol–water partition coefficient (Wildman–Crippen LogP) is 2.73. The molecule has 3 rings (SSSR count). The highest BCUT2D eigenvalue weighted by Crippen LogP contribution is 2.32. The summed E-state index contributed by atoms with van der Waals surface area (Å²) in [6.45, 7) is 0. The number of halogens is 1. The summed E-state index contributed by atoms with van der Waals surface area (Å²) in [5, 5.41) is 0.575. The van der Waals surface area contributed by atoms with Gasteiger partial charge in [0.15, 0.2) is 0 Å². The smallest absolute Gasteiger partial charge is 0.222 e. The van der Waals surface area contributed by atoms with Gasteiger partial charge in [-0.05, 0) is 36.4 Å². The van der Waals surface area contributed by atoms with Crippen LogP contribution in [0, 0.1) is 5.82 Å². The van der Waals surface area contributed by atoms with Crippen molar-refractivity contribution < 1.29 is 9.13 Å². The Morgan fingerprint density at radius 3 is 2.45 bits per heavy atom. The van der Waals surface area contributed by atoms with Crippen molar-refractivity contribution in [2.45, 2.75) is 0 Å². The number of nitrogen functional groups attached to an aromatic ring is 2. The zero-order valence-electron chi connectivity index (χ0n) is 10.4. The van der Waals surface area contributed by atoms with Crippen LogP contribution < -0.4 is 16.2 Å². The molecule has 100 valence electrons. The molecule has 0 aliphatic rings. The lowest BCUT2D eigenvalue weighted by Crippen LogP contribution is -2.01. The Hall–Kier alpha value is -2.89. The van der Waals surface area contributed by atoms with E-state index in [1.165, 1.54) is 24.3 Å². The van der Waals surface area contributed by atoms with Crippen LogP contribution in [0.25, 0.3) is 10.9 Å². The maximum absolute atomic E-state index is 12.9. The van der Waals surface area contributed by atoms with E-state index >= 15 is 0 Å². The number of hydrogen-bond acceptors (Lipinski definition) is 5. The van der Waals surface area contributed by atoms with Gasteiger partial charge in [0.05, 0.1) is 10.9 Å². The summed E-state index contributed by atoms with van der Waals surface area (Å²) in [4.78, 5) is 8.02. The van der Waals surface area contributed by atoms with Crippen LogP contribution >= 0.6 is 0 Å². The Morgan fingerprint density at radius 1 is 0.950 bits per heavy atom. The van der Waals surface area contributed by atoms with Crippen LogP contribution in [0.3, 0.4) is 0 Å². The molecule has 2 aromatic carbocycles. The number of anilines is 2. The Kier molecular flexibility index (Phi) is 2.83. The Morgan fingerprint density at radius 2 is 1.70 bits per heavy atom. The van der Waals surface area contributed by atoms with Crippen molar-refractivity contribution in [2.24, 2.45) is 0 Å². The van der Waals surface area contributed by atoms with Gasteiger partial charge in [-0.15, -0.1) is 0 Å². The number of nitrogens with two attached hydrogens (primary N) is 2. The topological polar surface area (TPSA) is 87.0 Å². The quantitative estimate of drug-likeness (QED) is 0.747. The molecule has 20 heavy (non-hydrogen) atoms. The summed E-state index contributed by atoms with van der Waals surface area (Å²) in [5.74, 6) is 1.01. The van der Waals surface area contributed by atoms with Crippen LogP contribution in [0.1, 0.15) is 0 Å². The minimum atomic E-state index is -0.328. The highest BCUT2D eigenvalue weighted by atomic mass is 19.1. The van der Waals surface area contributed by atoms with Crippen LogP contribution in [0.15, 0.2) is 42.5 Å². The van der Waals surface area contributed by atoms with E-state index in [-0.39, 0.29) is 17.6 Å². The number of rotatable bonds is 2. The summed E-state index contributed by atoms with van der Waals surface area (Å²) in [6.07, 6.45) is 0. The largest absolute Gasteiger partial charge is 0.457 e. The summed E-state index contributed by atoms with van der Waals surface area (Å²) in [7, 11) is 0. The Labute approximate surface area is 114 Å². The van der Waals surface area contributed by atoms with Gasteiger partial charge >= 0.3 is 0 Å². The first-order valence-electron chi connectivity index (χ1n) is 5.88. The standard InChI is InChI=1S/C14H11FN4O/c15-8-4-6-9(7-5-8)20-11-3-1-2-10-12(11)13(16)19-14(17)18-10/h1-7H,(H4,16,17,18,19). The van der Waals surface area contributed by atoms with Crippen LogP contribution in [0.5, 0.6) is 11.5 Å². The molecular weight excluding hydrogens is 259 g/mol. The van der Waals surface area contributed by atoms with Crippen molar-refractivity contribution in [3.05, 3.63) is 48.3 Å². The molecule has 0 atom stereocenters. The average molecular weight is 270 g/mol. The van der Waals surface area contributed by atoms with Crippen molar-refractivity contribution >= 4 is 22.7 Å². The maximum Gasteiger partial charge on any atom is 0.222 e. The van der Waals surface area contributed by atoms with Crippen LogP contribution in [-0.4, -0.2) is 9.97 Å². The Bertz CT molecular complexity index is 774. The first kappa shape index (κ1) is 12.2. The summed E-state index contributed by atoms with van der Waals surface area (Å²) >= 11 is 0. The molecule has 1 heterocycles. The fourth-order valence-electron chi connectivity index (χ4n) is 1.91. The lowest BCUT2D eigenvalue weighted by molar-refractivity contribution is 0.486. The van der Waals surface area contributed by atoms with Crippen molar-refractivity contribution in [3.8, 4) is 11.5 Å². The lowest BCUT2D eigenvalue weighted by atomic mass is 10.2. The average Bonchev–Trinajstić information content (AvgIpc) is 2.41. The van der Waals surface area contributed by atoms with Gasteiger partial charge in [0.1, 0.15) is 23.1 Å². The molecule has 5 nitrogen and oxygen atoms in total. The van der Waals surface area contributed by atoms with E-state index in [2.05, 4.69) is 9.97 Å². The summed E-state index contributed by atoms with van der Waals surface area (Å²) in [6, 6.07) is 11.0. The number of benzene rings is 2. The van der Waals surface area contributed by atoms with Gasteiger partial charge in [-0.25, -0.2) is 9.37 Å². The van der Waals surface area contributed by atoms with Gasteiger partial charge < -0.3 is 16.2 Å². The summed E-state index contributed by atoms with van der Waals surface area (Å²) < 4.78 is 18.6. The third-order valence-corrected chi connectivity index (χ3v) is 2.77. The number of fused-ring (bicyclic) bond motifs is 1. The SMILES string of the molecule is Nc1nc(N)c2c(Oc3ccc(F)cc3)cccc2n1. The molecule has 0 fully saturated rings. The van der Waals surface area contributed by atoms with Gasteiger partial charge in [-0.1, -0.05) is 6.07 Å². The van der Waals surface area contributed by atoms with Gasteiger partial charge in [-0.3, -0.25) is 0 Å². The predicted molar refractivity (Wildman–Crippen MR) is 74.8 cm³/mol. The number of aromatic nitrogens is 2. The van der Waals surface area contributed by atoms with Crippen molar-refractivity contribution in [2.75, 3.05) is 11.5 Å². The molecule has 3 aromatic rings.